The molecule has 8 heteroatoms. The fraction of sp³-hybridized carbons (Fsp3) is 0.294. The summed E-state index contributed by atoms with van der Waals surface area (Å²) in [4.78, 5) is 16.9. The van der Waals surface area contributed by atoms with E-state index in [1.165, 1.54) is 24.2 Å². The SMILES string of the molecule is Cc1cccc(-c2n[nH]c(=S)n2CC(=O)Nc2nc(C3CC3)cs2)c1. The second-order valence-corrected chi connectivity index (χ2v) is 7.45. The van der Waals surface area contributed by atoms with Gasteiger partial charge in [0.15, 0.2) is 15.7 Å². The van der Waals surface area contributed by atoms with Gasteiger partial charge in [0.25, 0.3) is 0 Å². The van der Waals surface area contributed by atoms with Gasteiger partial charge in [-0.25, -0.2) is 4.98 Å². The number of anilines is 1. The first kappa shape index (κ1) is 16.2. The van der Waals surface area contributed by atoms with Gasteiger partial charge in [0, 0.05) is 16.9 Å². The number of carbonyl (C=O) groups is 1. The number of rotatable bonds is 5. The van der Waals surface area contributed by atoms with Gasteiger partial charge < -0.3 is 5.32 Å². The molecule has 1 aliphatic rings. The molecule has 2 heterocycles. The number of nitrogens with zero attached hydrogens (tertiary/aromatic N) is 3. The van der Waals surface area contributed by atoms with E-state index in [1.54, 1.807) is 4.57 Å². The molecular formula is C17H17N5OS2. The summed E-state index contributed by atoms with van der Waals surface area (Å²) in [5.41, 5.74) is 3.13. The van der Waals surface area contributed by atoms with Gasteiger partial charge in [-0.05, 0) is 38.0 Å². The largest absolute Gasteiger partial charge is 0.300 e. The Balaban J connectivity index is 1.52. The molecule has 1 amide bonds. The van der Waals surface area contributed by atoms with Crippen molar-refractivity contribution < 1.29 is 4.79 Å². The molecule has 4 rings (SSSR count). The second kappa shape index (κ2) is 6.53. The lowest BCUT2D eigenvalue weighted by Gasteiger charge is -2.07. The van der Waals surface area contributed by atoms with Crippen molar-refractivity contribution in [3.63, 3.8) is 0 Å². The molecule has 0 atom stereocenters. The summed E-state index contributed by atoms with van der Waals surface area (Å²) in [5, 5.41) is 12.6. The van der Waals surface area contributed by atoms with Crippen LogP contribution in [0.25, 0.3) is 11.4 Å². The zero-order chi connectivity index (χ0) is 17.4. The number of aryl methyl sites for hydroxylation is 1. The van der Waals surface area contributed by atoms with Crippen molar-refractivity contribution in [3.05, 3.63) is 45.7 Å². The molecule has 1 fully saturated rings. The van der Waals surface area contributed by atoms with Crippen LogP contribution in [0.3, 0.4) is 0 Å². The van der Waals surface area contributed by atoms with E-state index in [2.05, 4.69) is 20.5 Å². The summed E-state index contributed by atoms with van der Waals surface area (Å²) < 4.78 is 2.12. The van der Waals surface area contributed by atoms with Crippen molar-refractivity contribution in [1.82, 2.24) is 19.7 Å². The molecular weight excluding hydrogens is 354 g/mol. The molecule has 2 aromatic heterocycles. The van der Waals surface area contributed by atoms with Gasteiger partial charge in [-0.1, -0.05) is 23.8 Å². The van der Waals surface area contributed by atoms with Gasteiger partial charge >= 0.3 is 0 Å². The highest BCUT2D eigenvalue weighted by Gasteiger charge is 2.26. The first-order valence-corrected chi connectivity index (χ1v) is 9.36. The lowest BCUT2D eigenvalue weighted by molar-refractivity contribution is -0.116. The van der Waals surface area contributed by atoms with Crippen molar-refractivity contribution in [3.8, 4) is 11.4 Å². The maximum Gasteiger partial charge on any atom is 0.246 e. The van der Waals surface area contributed by atoms with Gasteiger partial charge in [-0.15, -0.1) is 11.3 Å². The Morgan fingerprint density at radius 2 is 2.32 bits per heavy atom. The molecule has 1 aromatic carbocycles. The Hall–Kier alpha value is -2.32. The molecule has 25 heavy (non-hydrogen) atoms. The zero-order valence-corrected chi connectivity index (χ0v) is 15.3. The number of benzene rings is 1. The third-order valence-electron chi connectivity index (χ3n) is 4.10. The molecule has 1 aliphatic carbocycles. The third kappa shape index (κ3) is 3.54. The molecule has 0 spiro atoms. The average molecular weight is 371 g/mol. The first-order valence-electron chi connectivity index (χ1n) is 8.07. The molecule has 2 N–H and O–H groups in total. The van der Waals surface area contributed by atoms with Crippen LogP contribution >= 0.6 is 23.6 Å². The molecule has 0 aliphatic heterocycles. The third-order valence-corrected chi connectivity index (χ3v) is 5.19. The minimum absolute atomic E-state index is 0.0942. The predicted octanol–water partition coefficient (Wildman–Crippen LogP) is 3.89. The highest BCUT2D eigenvalue weighted by Crippen LogP contribution is 2.40. The fourth-order valence-corrected chi connectivity index (χ4v) is 3.69. The Morgan fingerprint density at radius 1 is 1.48 bits per heavy atom. The minimum Gasteiger partial charge on any atom is -0.300 e. The molecule has 1 saturated carbocycles. The Labute approximate surface area is 153 Å². The van der Waals surface area contributed by atoms with Gasteiger partial charge in [-0.3, -0.25) is 14.5 Å². The van der Waals surface area contributed by atoms with Gasteiger partial charge in [0.05, 0.1) is 5.69 Å². The Kier molecular flexibility index (Phi) is 4.22. The van der Waals surface area contributed by atoms with E-state index in [4.69, 9.17) is 12.2 Å². The number of aromatic amines is 1. The normalized spacial score (nSPS) is 13.8. The van der Waals surface area contributed by atoms with Crippen LogP contribution in [0.4, 0.5) is 5.13 Å². The molecule has 3 aromatic rings. The zero-order valence-electron chi connectivity index (χ0n) is 13.7. The standard InChI is InChI=1S/C17H17N5OS2/c1-10-3-2-4-12(7-10)15-20-21-17(24)22(15)8-14(23)19-16-18-13(9-25-16)11-5-6-11/h2-4,7,9,11H,5-6,8H2,1H3,(H,21,24)(H,18,19,23). The van der Waals surface area contributed by atoms with Crippen molar-refractivity contribution >= 4 is 34.6 Å². The Bertz CT molecular complexity index is 983. The second-order valence-electron chi connectivity index (χ2n) is 6.21. The number of hydrogen-bond acceptors (Lipinski definition) is 5. The average Bonchev–Trinajstić information content (AvgIpc) is 3.23. The minimum atomic E-state index is -0.164. The lowest BCUT2D eigenvalue weighted by Crippen LogP contribution is -2.19. The maximum absolute atomic E-state index is 12.4. The van der Waals surface area contributed by atoms with E-state index >= 15 is 0 Å². The van der Waals surface area contributed by atoms with E-state index in [-0.39, 0.29) is 12.5 Å². The van der Waals surface area contributed by atoms with Gasteiger partial charge in [0.2, 0.25) is 5.91 Å². The van der Waals surface area contributed by atoms with Crippen molar-refractivity contribution in [2.75, 3.05) is 5.32 Å². The first-order chi connectivity index (χ1) is 12.1. The highest BCUT2D eigenvalue weighted by molar-refractivity contribution is 7.71. The van der Waals surface area contributed by atoms with Crippen LogP contribution in [-0.4, -0.2) is 25.7 Å². The van der Waals surface area contributed by atoms with Gasteiger partial charge in [0.1, 0.15) is 6.54 Å². The number of carbonyl (C=O) groups excluding carboxylic acids is 1. The summed E-state index contributed by atoms with van der Waals surface area (Å²) in [7, 11) is 0. The monoisotopic (exact) mass is 371 g/mol. The summed E-state index contributed by atoms with van der Waals surface area (Å²) in [6.07, 6.45) is 2.39. The van der Waals surface area contributed by atoms with E-state index in [0.717, 1.165) is 16.8 Å². The summed E-state index contributed by atoms with van der Waals surface area (Å²) >= 11 is 6.75. The number of H-pyrrole nitrogens is 1. The summed E-state index contributed by atoms with van der Waals surface area (Å²) in [6, 6.07) is 7.95. The molecule has 0 saturated heterocycles. The predicted molar refractivity (Wildman–Crippen MR) is 100 cm³/mol. The number of aromatic nitrogens is 4. The smallest absolute Gasteiger partial charge is 0.246 e. The van der Waals surface area contributed by atoms with Crippen LogP contribution in [0.5, 0.6) is 0 Å². The highest BCUT2D eigenvalue weighted by atomic mass is 32.1. The summed E-state index contributed by atoms with van der Waals surface area (Å²) in [5.74, 6) is 1.07. The van der Waals surface area contributed by atoms with E-state index in [1.807, 2.05) is 36.6 Å². The van der Waals surface area contributed by atoms with Crippen molar-refractivity contribution in [1.29, 1.82) is 0 Å². The fourth-order valence-electron chi connectivity index (χ4n) is 2.68. The molecule has 128 valence electrons. The molecule has 6 nitrogen and oxygen atoms in total. The van der Waals surface area contributed by atoms with Gasteiger partial charge in [-0.2, -0.15) is 5.10 Å². The van der Waals surface area contributed by atoms with Crippen LogP contribution in [0.1, 0.15) is 30.0 Å². The number of hydrogen-bond donors (Lipinski definition) is 2. The van der Waals surface area contributed by atoms with Crippen LogP contribution in [0.2, 0.25) is 0 Å². The molecule has 0 radical (unpaired) electrons. The quantitative estimate of drug-likeness (QED) is 0.667. The summed E-state index contributed by atoms with van der Waals surface area (Å²) in [6.45, 7) is 2.11. The van der Waals surface area contributed by atoms with E-state index in [0.29, 0.717) is 21.6 Å². The maximum atomic E-state index is 12.4. The molecule has 0 bridgehead atoms. The number of nitrogens with one attached hydrogen (secondary N) is 2. The van der Waals surface area contributed by atoms with Crippen LogP contribution in [0.15, 0.2) is 29.6 Å². The Morgan fingerprint density at radius 3 is 3.08 bits per heavy atom. The lowest BCUT2D eigenvalue weighted by atomic mass is 10.1. The van der Waals surface area contributed by atoms with Crippen LogP contribution in [-0.2, 0) is 11.3 Å². The van der Waals surface area contributed by atoms with Crippen LogP contribution < -0.4 is 5.32 Å². The topological polar surface area (TPSA) is 75.6 Å². The van der Waals surface area contributed by atoms with E-state index < -0.39 is 0 Å². The molecule has 0 unspecified atom stereocenters. The van der Waals surface area contributed by atoms with Crippen LogP contribution in [0, 0.1) is 11.7 Å². The van der Waals surface area contributed by atoms with Crippen molar-refractivity contribution in [2.24, 2.45) is 0 Å². The van der Waals surface area contributed by atoms with Crippen molar-refractivity contribution in [2.45, 2.75) is 32.2 Å². The number of amides is 1. The number of thiazole rings is 1. The van der Waals surface area contributed by atoms with E-state index in [9.17, 15) is 4.79 Å².